The lowest BCUT2D eigenvalue weighted by Gasteiger charge is -2.03. The fraction of sp³-hybridized carbons (Fsp3) is 0.158. The number of aromatic nitrogens is 3. The number of hydrogen-bond acceptors (Lipinski definition) is 3. The van der Waals surface area contributed by atoms with Crippen molar-refractivity contribution in [3.05, 3.63) is 72.0 Å². The summed E-state index contributed by atoms with van der Waals surface area (Å²) in [7, 11) is 0. The minimum atomic E-state index is 0.438. The van der Waals surface area contributed by atoms with E-state index in [0.717, 1.165) is 41.0 Å². The van der Waals surface area contributed by atoms with E-state index < -0.39 is 0 Å². The highest BCUT2D eigenvalue weighted by atomic mass is 16.3. The first kappa shape index (κ1) is 12.6. The van der Waals surface area contributed by atoms with Gasteiger partial charge >= 0.3 is 0 Å². The molecule has 1 aliphatic carbocycles. The van der Waals surface area contributed by atoms with Crippen LogP contribution in [-0.4, -0.2) is 15.0 Å². The molecule has 0 atom stereocenters. The molecule has 0 aliphatic heterocycles. The molecule has 2 aromatic heterocycles. The monoisotopic (exact) mass is 301 g/mol. The maximum Gasteiger partial charge on any atom is 0.181 e. The van der Waals surface area contributed by atoms with Crippen molar-refractivity contribution in [2.75, 3.05) is 0 Å². The van der Waals surface area contributed by atoms with E-state index in [-0.39, 0.29) is 0 Å². The van der Waals surface area contributed by atoms with E-state index in [1.807, 2.05) is 12.1 Å². The first-order chi connectivity index (χ1) is 11.4. The summed E-state index contributed by atoms with van der Waals surface area (Å²) in [5.41, 5.74) is 5.95. The van der Waals surface area contributed by atoms with Crippen LogP contribution in [0.2, 0.25) is 0 Å². The van der Waals surface area contributed by atoms with Gasteiger partial charge in [0.05, 0.1) is 17.2 Å². The van der Waals surface area contributed by atoms with Gasteiger partial charge in [0, 0.05) is 11.5 Å². The molecule has 0 spiro atoms. The predicted molar refractivity (Wildman–Crippen MR) is 88.2 cm³/mol. The van der Waals surface area contributed by atoms with Gasteiger partial charge in [-0.05, 0) is 42.2 Å². The zero-order chi connectivity index (χ0) is 15.2. The van der Waals surface area contributed by atoms with Gasteiger partial charge in [0.1, 0.15) is 5.82 Å². The lowest BCUT2D eigenvalue weighted by Crippen LogP contribution is -1.99. The molecule has 0 saturated carbocycles. The topological polar surface area (TPSA) is 54.7 Å². The number of H-pyrrole nitrogens is 1. The molecular weight excluding hydrogens is 286 g/mol. The van der Waals surface area contributed by atoms with Crippen molar-refractivity contribution in [2.24, 2.45) is 0 Å². The van der Waals surface area contributed by atoms with E-state index in [1.54, 1.807) is 6.20 Å². The number of oxazole rings is 1. The van der Waals surface area contributed by atoms with Gasteiger partial charge in [-0.3, -0.25) is 0 Å². The van der Waals surface area contributed by atoms with Crippen LogP contribution < -0.4 is 0 Å². The molecule has 0 fully saturated rings. The summed E-state index contributed by atoms with van der Waals surface area (Å²) in [5, 5.41) is 0. The summed E-state index contributed by atoms with van der Waals surface area (Å²) in [6, 6.07) is 14.8. The molecule has 112 valence electrons. The zero-order valence-electron chi connectivity index (χ0n) is 12.5. The van der Waals surface area contributed by atoms with Gasteiger partial charge in [0.25, 0.3) is 0 Å². The van der Waals surface area contributed by atoms with Crippen molar-refractivity contribution in [3.63, 3.8) is 0 Å². The van der Waals surface area contributed by atoms with Crippen LogP contribution >= 0.6 is 0 Å². The second-order valence-electron chi connectivity index (χ2n) is 6.09. The van der Waals surface area contributed by atoms with Crippen LogP contribution in [0.3, 0.4) is 0 Å². The third-order valence-corrected chi connectivity index (χ3v) is 4.65. The summed E-state index contributed by atoms with van der Waals surface area (Å²) in [4.78, 5) is 12.3. The summed E-state index contributed by atoms with van der Waals surface area (Å²) in [5.74, 6) is 2.29. The maximum atomic E-state index is 5.37. The Kier molecular flexibility index (Phi) is 2.65. The smallest absolute Gasteiger partial charge is 0.181 e. The fourth-order valence-corrected chi connectivity index (χ4v) is 3.49. The highest BCUT2D eigenvalue weighted by Gasteiger charge is 2.25. The number of aromatic amines is 1. The Labute approximate surface area is 133 Å². The summed E-state index contributed by atoms with van der Waals surface area (Å²) < 4.78 is 5.37. The van der Waals surface area contributed by atoms with Gasteiger partial charge in [-0.25, -0.2) is 9.97 Å². The van der Waals surface area contributed by atoms with Crippen molar-refractivity contribution in [1.82, 2.24) is 15.0 Å². The summed E-state index contributed by atoms with van der Waals surface area (Å²) >= 11 is 0. The predicted octanol–water partition coefficient (Wildman–Crippen LogP) is 4.10. The van der Waals surface area contributed by atoms with Gasteiger partial charge in [-0.1, -0.05) is 24.3 Å². The molecular formula is C19H15N3O. The third kappa shape index (κ3) is 2.06. The number of fused-ring (bicyclic) bond motifs is 2. The second-order valence-corrected chi connectivity index (χ2v) is 6.09. The van der Waals surface area contributed by atoms with E-state index in [1.165, 1.54) is 17.5 Å². The number of benzene rings is 2. The SMILES string of the molecule is c1ccc2c(c1)CC(c1nc3ccc(-c4cnco4)cc3[nH]1)C2. The molecule has 0 amide bonds. The van der Waals surface area contributed by atoms with Gasteiger partial charge in [0.2, 0.25) is 0 Å². The van der Waals surface area contributed by atoms with E-state index in [9.17, 15) is 0 Å². The molecule has 4 heteroatoms. The average molecular weight is 301 g/mol. The Morgan fingerprint density at radius 2 is 1.87 bits per heavy atom. The van der Waals surface area contributed by atoms with Gasteiger partial charge in [-0.2, -0.15) is 0 Å². The van der Waals surface area contributed by atoms with Crippen LogP contribution in [0.25, 0.3) is 22.4 Å². The second kappa shape index (κ2) is 4.81. The van der Waals surface area contributed by atoms with Crippen LogP contribution in [0.5, 0.6) is 0 Å². The van der Waals surface area contributed by atoms with Crippen molar-refractivity contribution in [2.45, 2.75) is 18.8 Å². The maximum absolute atomic E-state index is 5.37. The summed E-state index contributed by atoms with van der Waals surface area (Å²) in [6.07, 6.45) is 5.30. The number of nitrogens with one attached hydrogen (secondary N) is 1. The van der Waals surface area contributed by atoms with Crippen LogP contribution in [-0.2, 0) is 12.8 Å². The van der Waals surface area contributed by atoms with E-state index >= 15 is 0 Å². The fourth-order valence-electron chi connectivity index (χ4n) is 3.49. The van der Waals surface area contributed by atoms with Gasteiger partial charge < -0.3 is 9.40 Å². The Balaban J connectivity index is 1.52. The quantitative estimate of drug-likeness (QED) is 0.606. The van der Waals surface area contributed by atoms with Crippen molar-refractivity contribution < 1.29 is 4.42 Å². The number of rotatable bonds is 2. The molecule has 0 unspecified atom stereocenters. The number of hydrogen-bond donors (Lipinski definition) is 1. The zero-order valence-corrected chi connectivity index (χ0v) is 12.5. The standard InChI is InChI=1S/C19H15N3O/c1-2-4-13-8-15(7-12(13)3-1)19-21-16-6-5-14(9-17(16)22-19)18-10-20-11-23-18/h1-6,9-11,15H,7-8H2,(H,21,22). The highest BCUT2D eigenvalue weighted by Crippen LogP contribution is 2.33. The largest absolute Gasteiger partial charge is 0.444 e. The van der Waals surface area contributed by atoms with Gasteiger partial charge in [0.15, 0.2) is 12.2 Å². The van der Waals surface area contributed by atoms with Crippen molar-refractivity contribution in [3.8, 4) is 11.3 Å². The van der Waals surface area contributed by atoms with Crippen LogP contribution in [0.4, 0.5) is 0 Å². The van der Waals surface area contributed by atoms with E-state index in [2.05, 4.69) is 40.3 Å². The molecule has 0 bridgehead atoms. The van der Waals surface area contributed by atoms with Crippen LogP contribution in [0.15, 0.2) is 59.5 Å². The van der Waals surface area contributed by atoms with Crippen LogP contribution in [0.1, 0.15) is 22.9 Å². The normalized spacial score (nSPS) is 14.4. The van der Waals surface area contributed by atoms with E-state index in [0.29, 0.717) is 5.92 Å². The van der Waals surface area contributed by atoms with E-state index in [4.69, 9.17) is 9.40 Å². The molecule has 5 rings (SSSR count). The third-order valence-electron chi connectivity index (χ3n) is 4.65. The Morgan fingerprint density at radius 3 is 2.61 bits per heavy atom. The van der Waals surface area contributed by atoms with Crippen LogP contribution in [0, 0.1) is 0 Å². The number of imidazole rings is 1. The highest BCUT2D eigenvalue weighted by molar-refractivity contribution is 5.80. The molecule has 23 heavy (non-hydrogen) atoms. The lowest BCUT2D eigenvalue weighted by molar-refractivity contribution is 0.572. The molecule has 2 aromatic carbocycles. The van der Waals surface area contributed by atoms with Gasteiger partial charge in [-0.15, -0.1) is 0 Å². The first-order valence-corrected chi connectivity index (χ1v) is 7.82. The molecule has 0 saturated heterocycles. The Hall–Kier alpha value is -2.88. The minimum Gasteiger partial charge on any atom is -0.444 e. The van der Waals surface area contributed by atoms with Crippen molar-refractivity contribution >= 4 is 11.0 Å². The molecule has 0 radical (unpaired) electrons. The molecule has 4 aromatic rings. The Bertz CT molecular complexity index is 960. The average Bonchev–Trinajstić information content (AvgIpc) is 3.31. The summed E-state index contributed by atoms with van der Waals surface area (Å²) in [6.45, 7) is 0. The molecule has 1 aliphatic rings. The minimum absolute atomic E-state index is 0.438. The lowest BCUT2D eigenvalue weighted by atomic mass is 10.1. The molecule has 1 N–H and O–H groups in total. The molecule has 4 nitrogen and oxygen atoms in total. The number of nitrogens with zero attached hydrogens (tertiary/aromatic N) is 2. The molecule has 2 heterocycles. The Morgan fingerprint density at radius 1 is 1.04 bits per heavy atom. The van der Waals surface area contributed by atoms with Crippen molar-refractivity contribution in [1.29, 1.82) is 0 Å². The first-order valence-electron chi connectivity index (χ1n) is 7.82.